The number of sulfone groups is 1. The lowest BCUT2D eigenvalue weighted by molar-refractivity contribution is 0.306. The fraction of sp³-hybridized carbons (Fsp3) is 0.647. The average molecular weight is 372 g/mol. The molecule has 1 aliphatic carbocycles. The third kappa shape index (κ3) is 3.68. The molecule has 0 radical (unpaired) electrons. The quantitative estimate of drug-likeness (QED) is 0.796. The number of nitrogens with zero attached hydrogens (tertiary/aromatic N) is 1. The Hall–Kier alpha value is -0.920. The van der Waals surface area contributed by atoms with Crippen LogP contribution >= 0.6 is 0 Å². The van der Waals surface area contributed by atoms with Crippen LogP contribution in [0.1, 0.15) is 43.2 Å². The topological polar surface area (TPSA) is 71.5 Å². The second-order valence-corrected chi connectivity index (χ2v) is 11.5. The monoisotopic (exact) mass is 371 g/mol. The molecule has 7 heteroatoms. The molecule has 0 bridgehead atoms. The molecule has 2 aliphatic rings. The molecule has 0 amide bonds. The fourth-order valence-corrected chi connectivity index (χ4v) is 7.70. The van der Waals surface area contributed by atoms with Gasteiger partial charge in [-0.3, -0.25) is 0 Å². The third-order valence-electron chi connectivity index (χ3n) is 5.12. The molecule has 1 aromatic rings. The van der Waals surface area contributed by atoms with E-state index < -0.39 is 25.1 Å². The summed E-state index contributed by atoms with van der Waals surface area (Å²) < 4.78 is 51.5. The largest absolute Gasteiger partial charge is 0.228 e. The van der Waals surface area contributed by atoms with Crippen LogP contribution < -0.4 is 0 Å². The number of hydrogen-bond acceptors (Lipinski definition) is 4. The first-order valence-electron chi connectivity index (χ1n) is 8.55. The van der Waals surface area contributed by atoms with Gasteiger partial charge in [-0.05, 0) is 25.3 Å². The van der Waals surface area contributed by atoms with Crippen LogP contribution in [0.3, 0.4) is 0 Å². The summed E-state index contributed by atoms with van der Waals surface area (Å²) in [4.78, 5) is 0. The van der Waals surface area contributed by atoms with Crippen LogP contribution in [0.4, 0.5) is 0 Å². The van der Waals surface area contributed by atoms with Crippen LogP contribution in [-0.2, 0) is 25.6 Å². The fourth-order valence-electron chi connectivity index (χ4n) is 3.61. The first kappa shape index (κ1) is 17.9. The Morgan fingerprint density at radius 3 is 2.29 bits per heavy atom. The molecule has 1 aliphatic heterocycles. The maximum atomic E-state index is 12.6. The molecule has 24 heavy (non-hydrogen) atoms. The van der Waals surface area contributed by atoms with E-state index >= 15 is 0 Å². The normalized spacial score (nSPS) is 21.5. The molecule has 2 fully saturated rings. The Balaban J connectivity index is 1.62. The van der Waals surface area contributed by atoms with Crippen LogP contribution in [-0.4, -0.2) is 44.7 Å². The number of aryl methyl sites for hydroxylation is 1. The summed E-state index contributed by atoms with van der Waals surface area (Å²) in [5, 5.41) is -0.786. The van der Waals surface area contributed by atoms with Crippen LogP contribution in [0.2, 0.25) is 0 Å². The van der Waals surface area contributed by atoms with E-state index in [1.54, 1.807) is 6.07 Å². The molecule has 1 saturated heterocycles. The van der Waals surface area contributed by atoms with E-state index in [4.69, 9.17) is 0 Å². The molecule has 5 nitrogen and oxygen atoms in total. The SMILES string of the molecule is Cc1cccc(CS(=O)(=O)N2CC(S(=O)(=O)C3CCCCC3)C2)c1. The van der Waals surface area contributed by atoms with E-state index in [-0.39, 0.29) is 24.1 Å². The van der Waals surface area contributed by atoms with Gasteiger partial charge in [0, 0.05) is 13.1 Å². The van der Waals surface area contributed by atoms with Gasteiger partial charge in [0.15, 0.2) is 9.84 Å². The highest BCUT2D eigenvalue weighted by molar-refractivity contribution is 7.93. The van der Waals surface area contributed by atoms with E-state index in [1.807, 2.05) is 25.1 Å². The highest BCUT2D eigenvalue weighted by Gasteiger charge is 2.45. The van der Waals surface area contributed by atoms with Gasteiger partial charge < -0.3 is 0 Å². The molecule has 1 saturated carbocycles. The summed E-state index contributed by atoms with van der Waals surface area (Å²) in [5.41, 5.74) is 1.76. The molecule has 3 rings (SSSR count). The molecule has 0 N–H and O–H groups in total. The number of sulfonamides is 1. The van der Waals surface area contributed by atoms with Gasteiger partial charge in [0.25, 0.3) is 0 Å². The predicted molar refractivity (Wildman–Crippen MR) is 95.0 cm³/mol. The molecule has 0 aromatic heterocycles. The van der Waals surface area contributed by atoms with Crippen molar-refractivity contribution in [2.75, 3.05) is 13.1 Å². The van der Waals surface area contributed by atoms with E-state index in [9.17, 15) is 16.8 Å². The lowest BCUT2D eigenvalue weighted by atomic mass is 10.0. The number of benzene rings is 1. The first-order chi connectivity index (χ1) is 11.3. The highest BCUT2D eigenvalue weighted by atomic mass is 32.2. The Morgan fingerprint density at radius 1 is 1.00 bits per heavy atom. The van der Waals surface area contributed by atoms with Crippen LogP contribution in [0, 0.1) is 6.92 Å². The summed E-state index contributed by atoms with van der Waals surface area (Å²) in [5.74, 6) is -0.0646. The van der Waals surface area contributed by atoms with Crippen molar-refractivity contribution in [1.29, 1.82) is 0 Å². The molecule has 0 unspecified atom stereocenters. The minimum Gasteiger partial charge on any atom is -0.228 e. The van der Waals surface area contributed by atoms with Gasteiger partial charge in [-0.15, -0.1) is 0 Å². The van der Waals surface area contributed by atoms with E-state index in [0.29, 0.717) is 0 Å². The van der Waals surface area contributed by atoms with Crippen LogP contribution in [0.5, 0.6) is 0 Å². The van der Waals surface area contributed by atoms with Gasteiger partial charge in [-0.25, -0.2) is 16.8 Å². The van der Waals surface area contributed by atoms with E-state index in [1.165, 1.54) is 4.31 Å². The van der Waals surface area contributed by atoms with Gasteiger partial charge >= 0.3 is 0 Å². The minimum atomic E-state index is -3.45. The van der Waals surface area contributed by atoms with Crippen LogP contribution in [0.15, 0.2) is 24.3 Å². The minimum absolute atomic E-state index is 0.0646. The predicted octanol–water partition coefficient (Wildman–Crippen LogP) is 2.26. The molecular weight excluding hydrogens is 346 g/mol. The maximum absolute atomic E-state index is 12.6. The first-order valence-corrected chi connectivity index (χ1v) is 11.8. The second kappa shape index (κ2) is 6.77. The molecule has 134 valence electrons. The van der Waals surface area contributed by atoms with Gasteiger partial charge in [0.2, 0.25) is 10.0 Å². The summed E-state index contributed by atoms with van der Waals surface area (Å²) in [6, 6.07) is 7.41. The number of hydrogen-bond donors (Lipinski definition) is 0. The standard InChI is InChI=1S/C17H25NO4S2/c1-14-6-5-7-15(10-14)13-23(19,20)18-11-17(12-18)24(21,22)16-8-3-2-4-9-16/h5-7,10,16-17H,2-4,8-9,11-13H2,1H3. The number of rotatable bonds is 5. The zero-order chi connectivity index (χ0) is 17.4. The zero-order valence-electron chi connectivity index (χ0n) is 14.0. The van der Waals surface area contributed by atoms with Gasteiger partial charge in [-0.2, -0.15) is 4.31 Å². The molecule has 1 heterocycles. The summed E-state index contributed by atoms with van der Waals surface area (Å²) in [7, 11) is -6.65. The van der Waals surface area contributed by atoms with Crippen molar-refractivity contribution in [1.82, 2.24) is 4.31 Å². The van der Waals surface area contributed by atoms with E-state index in [0.717, 1.165) is 43.2 Å². The van der Waals surface area contributed by atoms with Crippen molar-refractivity contribution in [2.24, 2.45) is 0 Å². The van der Waals surface area contributed by atoms with E-state index in [2.05, 4.69) is 0 Å². The van der Waals surface area contributed by atoms with Crippen molar-refractivity contribution in [3.63, 3.8) is 0 Å². The Labute approximate surface area is 145 Å². The van der Waals surface area contributed by atoms with Gasteiger partial charge in [-0.1, -0.05) is 49.1 Å². The molecule has 0 atom stereocenters. The maximum Gasteiger partial charge on any atom is 0.218 e. The van der Waals surface area contributed by atoms with Crippen molar-refractivity contribution < 1.29 is 16.8 Å². The lowest BCUT2D eigenvalue weighted by Crippen LogP contribution is -2.58. The summed E-state index contributed by atoms with van der Waals surface area (Å²) >= 11 is 0. The van der Waals surface area contributed by atoms with Crippen molar-refractivity contribution in [3.8, 4) is 0 Å². The van der Waals surface area contributed by atoms with Crippen LogP contribution in [0.25, 0.3) is 0 Å². The average Bonchev–Trinajstić information content (AvgIpc) is 2.45. The summed E-state index contributed by atoms with van der Waals surface area (Å²) in [6.07, 6.45) is 4.50. The zero-order valence-corrected chi connectivity index (χ0v) is 15.7. The van der Waals surface area contributed by atoms with Gasteiger partial charge in [0.1, 0.15) is 0 Å². The molecule has 1 aromatic carbocycles. The molecular formula is C17H25NO4S2. The van der Waals surface area contributed by atoms with Crippen molar-refractivity contribution in [3.05, 3.63) is 35.4 Å². The second-order valence-electron chi connectivity index (χ2n) is 7.03. The smallest absolute Gasteiger partial charge is 0.218 e. The highest BCUT2D eigenvalue weighted by Crippen LogP contribution is 2.31. The Kier molecular flexibility index (Phi) is 5.04. The Morgan fingerprint density at radius 2 is 1.67 bits per heavy atom. The third-order valence-corrected chi connectivity index (χ3v) is 9.53. The Bertz CT molecular complexity index is 790. The lowest BCUT2D eigenvalue weighted by Gasteiger charge is -2.39. The summed E-state index contributed by atoms with van der Waals surface area (Å²) in [6.45, 7) is 2.16. The van der Waals surface area contributed by atoms with Crippen molar-refractivity contribution in [2.45, 2.75) is 55.3 Å². The van der Waals surface area contributed by atoms with Crippen molar-refractivity contribution >= 4 is 19.9 Å². The van der Waals surface area contributed by atoms with Gasteiger partial charge in [0.05, 0.1) is 16.3 Å². The molecule has 0 spiro atoms.